The third-order valence-electron chi connectivity index (χ3n) is 2.05. The van der Waals surface area contributed by atoms with Crippen molar-refractivity contribution in [3.63, 3.8) is 0 Å². The molecule has 0 spiro atoms. The maximum absolute atomic E-state index is 5.88. The van der Waals surface area contributed by atoms with Gasteiger partial charge in [0.15, 0.2) is 0 Å². The summed E-state index contributed by atoms with van der Waals surface area (Å²) < 4.78 is 5.09. The second-order valence-electron chi connectivity index (χ2n) is 3.70. The summed E-state index contributed by atoms with van der Waals surface area (Å²) in [7, 11) is 0. The van der Waals surface area contributed by atoms with E-state index < -0.39 is 0 Å². The highest BCUT2D eigenvalue weighted by Crippen LogP contribution is 2.20. The fourth-order valence-corrected chi connectivity index (χ4v) is 1.55. The molecular weight excluding hydrogens is 261 g/mol. The number of rotatable bonds is 3. The van der Waals surface area contributed by atoms with Crippen molar-refractivity contribution in [2.75, 3.05) is 0 Å². The molecule has 0 radical (unpaired) electrons. The second-order valence-corrected chi connectivity index (χ2v) is 4.14. The Morgan fingerprint density at radius 3 is 2.88 bits per heavy atom. The maximum Gasteiger partial charge on any atom is 0.228 e. The van der Waals surface area contributed by atoms with E-state index in [-0.39, 0.29) is 18.4 Å². The summed E-state index contributed by atoms with van der Waals surface area (Å²) in [6.45, 7) is 1.89. The van der Waals surface area contributed by atoms with Gasteiger partial charge in [0.05, 0.1) is 0 Å². The number of benzene rings is 1. The van der Waals surface area contributed by atoms with Gasteiger partial charge in [0, 0.05) is 23.0 Å². The molecule has 17 heavy (non-hydrogen) atoms. The lowest BCUT2D eigenvalue weighted by Crippen LogP contribution is -2.17. The van der Waals surface area contributed by atoms with Gasteiger partial charge < -0.3 is 10.3 Å². The Labute approximate surface area is 111 Å². The first kappa shape index (κ1) is 14.0. The zero-order valence-corrected chi connectivity index (χ0v) is 10.8. The summed E-state index contributed by atoms with van der Waals surface area (Å²) in [5.74, 6) is 1.09. The van der Waals surface area contributed by atoms with Crippen LogP contribution in [0.25, 0.3) is 11.4 Å². The van der Waals surface area contributed by atoms with E-state index in [9.17, 15) is 0 Å². The molecular formula is C11H13Cl2N3O. The molecule has 1 atom stereocenters. The normalized spacial score (nSPS) is 11.9. The molecule has 6 heteroatoms. The first-order valence-electron chi connectivity index (χ1n) is 4.99. The van der Waals surface area contributed by atoms with Gasteiger partial charge in [-0.3, -0.25) is 0 Å². The molecule has 0 saturated heterocycles. The van der Waals surface area contributed by atoms with Crippen LogP contribution < -0.4 is 5.73 Å². The molecule has 0 aliphatic rings. The summed E-state index contributed by atoms with van der Waals surface area (Å²) in [5, 5.41) is 4.53. The Morgan fingerprint density at radius 2 is 2.24 bits per heavy atom. The zero-order chi connectivity index (χ0) is 11.5. The van der Waals surface area contributed by atoms with Crippen LogP contribution >= 0.6 is 24.0 Å². The average molecular weight is 274 g/mol. The van der Waals surface area contributed by atoms with E-state index in [1.54, 1.807) is 12.1 Å². The maximum atomic E-state index is 5.88. The monoisotopic (exact) mass is 273 g/mol. The number of hydrogen-bond donors (Lipinski definition) is 1. The SMILES string of the molecule is CC(N)Cc1nc(-c2cccc(Cl)c2)no1.Cl. The van der Waals surface area contributed by atoms with E-state index in [2.05, 4.69) is 10.1 Å². The molecule has 1 unspecified atom stereocenters. The van der Waals surface area contributed by atoms with Gasteiger partial charge in [0.2, 0.25) is 11.7 Å². The van der Waals surface area contributed by atoms with Gasteiger partial charge in [-0.25, -0.2) is 0 Å². The number of halogens is 2. The quantitative estimate of drug-likeness (QED) is 0.934. The summed E-state index contributed by atoms with van der Waals surface area (Å²) in [6, 6.07) is 7.33. The second kappa shape index (κ2) is 6.00. The van der Waals surface area contributed by atoms with Gasteiger partial charge in [-0.2, -0.15) is 4.98 Å². The van der Waals surface area contributed by atoms with Gasteiger partial charge in [-0.1, -0.05) is 28.9 Å². The molecule has 2 aromatic rings. The minimum absolute atomic E-state index is 0. The van der Waals surface area contributed by atoms with Crippen LogP contribution in [0.2, 0.25) is 5.02 Å². The van der Waals surface area contributed by atoms with Crippen molar-refractivity contribution in [3.8, 4) is 11.4 Å². The van der Waals surface area contributed by atoms with Gasteiger partial charge in [-0.15, -0.1) is 12.4 Å². The highest BCUT2D eigenvalue weighted by molar-refractivity contribution is 6.30. The number of aromatic nitrogens is 2. The van der Waals surface area contributed by atoms with Gasteiger partial charge in [-0.05, 0) is 19.1 Å². The Kier molecular flexibility index (Phi) is 4.93. The third kappa shape index (κ3) is 3.70. The first-order valence-corrected chi connectivity index (χ1v) is 5.37. The lowest BCUT2D eigenvalue weighted by Gasteiger charge is -1.97. The highest BCUT2D eigenvalue weighted by Gasteiger charge is 2.10. The molecule has 2 N–H and O–H groups in total. The fraction of sp³-hybridized carbons (Fsp3) is 0.273. The Bertz CT molecular complexity index is 485. The molecule has 92 valence electrons. The van der Waals surface area contributed by atoms with Crippen molar-refractivity contribution in [3.05, 3.63) is 35.2 Å². The fourth-order valence-electron chi connectivity index (χ4n) is 1.36. The van der Waals surface area contributed by atoms with Gasteiger partial charge in [0.1, 0.15) is 0 Å². The van der Waals surface area contributed by atoms with Gasteiger partial charge in [0.25, 0.3) is 0 Å². The Morgan fingerprint density at radius 1 is 1.47 bits per heavy atom. The lowest BCUT2D eigenvalue weighted by molar-refractivity contribution is 0.372. The average Bonchev–Trinajstić information content (AvgIpc) is 2.65. The minimum Gasteiger partial charge on any atom is -0.339 e. The third-order valence-corrected chi connectivity index (χ3v) is 2.28. The molecule has 0 aliphatic carbocycles. The summed E-state index contributed by atoms with van der Waals surface area (Å²) >= 11 is 5.88. The summed E-state index contributed by atoms with van der Waals surface area (Å²) in [6.07, 6.45) is 0.577. The lowest BCUT2D eigenvalue weighted by atomic mass is 10.2. The number of hydrogen-bond acceptors (Lipinski definition) is 4. The van der Waals surface area contributed by atoms with Gasteiger partial charge >= 0.3 is 0 Å². The van der Waals surface area contributed by atoms with Crippen molar-refractivity contribution >= 4 is 24.0 Å². The molecule has 4 nitrogen and oxygen atoms in total. The number of nitrogens with zero attached hydrogens (tertiary/aromatic N) is 2. The van der Waals surface area contributed by atoms with Crippen LogP contribution in [0.15, 0.2) is 28.8 Å². The minimum atomic E-state index is 0. The molecule has 1 aromatic carbocycles. The highest BCUT2D eigenvalue weighted by atomic mass is 35.5. The van der Waals surface area contributed by atoms with Crippen LogP contribution in [0.5, 0.6) is 0 Å². The number of nitrogens with two attached hydrogens (primary N) is 1. The van der Waals surface area contributed by atoms with E-state index in [0.29, 0.717) is 23.2 Å². The molecule has 1 aromatic heterocycles. The predicted molar refractivity (Wildman–Crippen MR) is 69.3 cm³/mol. The zero-order valence-electron chi connectivity index (χ0n) is 9.26. The Hall–Kier alpha value is -1.10. The first-order chi connectivity index (χ1) is 7.65. The smallest absolute Gasteiger partial charge is 0.228 e. The van der Waals surface area contributed by atoms with Crippen LogP contribution in [-0.4, -0.2) is 16.2 Å². The largest absolute Gasteiger partial charge is 0.339 e. The molecule has 0 saturated carbocycles. The standard InChI is InChI=1S/C11H12ClN3O.ClH/c1-7(13)5-10-14-11(15-16-10)8-3-2-4-9(12)6-8;/h2-4,6-7H,5,13H2,1H3;1H. The molecule has 0 aliphatic heterocycles. The van der Waals surface area contributed by atoms with E-state index in [1.807, 2.05) is 19.1 Å². The van der Waals surface area contributed by atoms with Crippen LogP contribution in [0.1, 0.15) is 12.8 Å². The topological polar surface area (TPSA) is 64.9 Å². The molecule has 0 bridgehead atoms. The van der Waals surface area contributed by atoms with E-state index >= 15 is 0 Å². The van der Waals surface area contributed by atoms with Crippen molar-refractivity contribution < 1.29 is 4.52 Å². The van der Waals surface area contributed by atoms with E-state index in [0.717, 1.165) is 5.56 Å². The molecule has 2 rings (SSSR count). The molecule has 1 heterocycles. The molecule has 0 amide bonds. The van der Waals surface area contributed by atoms with Crippen LogP contribution in [0, 0.1) is 0 Å². The molecule has 0 fully saturated rings. The van der Waals surface area contributed by atoms with Crippen molar-refractivity contribution in [1.82, 2.24) is 10.1 Å². The van der Waals surface area contributed by atoms with Crippen LogP contribution in [-0.2, 0) is 6.42 Å². The predicted octanol–water partition coefficient (Wildman–Crippen LogP) is 2.70. The van der Waals surface area contributed by atoms with Crippen molar-refractivity contribution in [2.45, 2.75) is 19.4 Å². The Balaban J connectivity index is 0.00000144. The summed E-state index contributed by atoms with van der Waals surface area (Å²) in [4.78, 5) is 4.25. The van der Waals surface area contributed by atoms with E-state index in [1.165, 1.54) is 0 Å². The van der Waals surface area contributed by atoms with E-state index in [4.69, 9.17) is 21.9 Å². The van der Waals surface area contributed by atoms with Crippen molar-refractivity contribution in [2.24, 2.45) is 5.73 Å². The van der Waals surface area contributed by atoms with Crippen LogP contribution in [0.4, 0.5) is 0 Å². The van der Waals surface area contributed by atoms with Crippen LogP contribution in [0.3, 0.4) is 0 Å². The van der Waals surface area contributed by atoms with Crippen molar-refractivity contribution in [1.29, 1.82) is 0 Å². The summed E-state index contributed by atoms with van der Waals surface area (Å²) in [5.41, 5.74) is 6.49.